The normalized spacial score (nSPS) is 22.9. The van der Waals surface area contributed by atoms with Gasteiger partial charge in [-0.05, 0) is 6.07 Å². The van der Waals surface area contributed by atoms with Crippen LogP contribution >= 0.6 is 0 Å². The molecule has 0 bridgehead atoms. The topological polar surface area (TPSA) is 49.1 Å². The quantitative estimate of drug-likeness (QED) is 0.633. The summed E-state index contributed by atoms with van der Waals surface area (Å²) in [4.78, 5) is 3.00. The highest BCUT2D eigenvalue weighted by Crippen LogP contribution is 2.04. The monoisotopic (exact) mass is 181 g/mol. The summed E-state index contributed by atoms with van der Waals surface area (Å²) in [6.45, 7) is 3.60. The van der Waals surface area contributed by atoms with Gasteiger partial charge in [-0.15, -0.1) is 0 Å². The van der Waals surface area contributed by atoms with Crippen LogP contribution in [0.3, 0.4) is 0 Å². The third-order valence-electron chi connectivity index (χ3n) is 2.14. The number of H-pyrrole nitrogens is 1. The molecule has 0 spiro atoms. The van der Waals surface area contributed by atoms with Gasteiger partial charge < -0.3 is 20.4 Å². The Bertz CT molecular complexity index is 229. The molecule has 1 aromatic rings. The van der Waals surface area contributed by atoms with E-state index in [1.807, 2.05) is 18.5 Å². The average molecular weight is 181 g/mol. The van der Waals surface area contributed by atoms with Crippen LogP contribution in [-0.4, -0.2) is 37.3 Å². The maximum absolute atomic E-state index is 5.54. The summed E-state index contributed by atoms with van der Waals surface area (Å²) >= 11 is 0. The highest BCUT2D eigenvalue weighted by molar-refractivity contribution is 5.40. The molecule has 1 atom stereocenters. The smallest absolute Gasteiger partial charge is 0.0872 e. The molecule has 1 aliphatic heterocycles. The Labute approximate surface area is 77.7 Å². The zero-order valence-corrected chi connectivity index (χ0v) is 7.55. The van der Waals surface area contributed by atoms with Crippen LogP contribution in [0.1, 0.15) is 0 Å². The minimum atomic E-state index is 0.295. The van der Waals surface area contributed by atoms with Gasteiger partial charge in [0.1, 0.15) is 0 Å². The minimum Gasteiger partial charge on any atom is -0.381 e. The van der Waals surface area contributed by atoms with Gasteiger partial charge in [0.15, 0.2) is 0 Å². The number of aromatic nitrogens is 1. The van der Waals surface area contributed by atoms with Gasteiger partial charge in [-0.3, -0.25) is 0 Å². The molecule has 0 aliphatic carbocycles. The zero-order chi connectivity index (χ0) is 8.93. The van der Waals surface area contributed by atoms with E-state index in [2.05, 4.69) is 15.6 Å². The summed E-state index contributed by atoms with van der Waals surface area (Å²) in [5, 5.41) is 6.59. The van der Waals surface area contributed by atoms with Crippen molar-refractivity contribution in [2.75, 3.05) is 31.6 Å². The van der Waals surface area contributed by atoms with Gasteiger partial charge in [0.25, 0.3) is 0 Å². The van der Waals surface area contributed by atoms with Crippen molar-refractivity contribution in [2.45, 2.75) is 6.10 Å². The van der Waals surface area contributed by atoms with Gasteiger partial charge in [-0.2, -0.15) is 0 Å². The molecule has 1 aliphatic rings. The number of morpholine rings is 1. The summed E-state index contributed by atoms with van der Waals surface area (Å²) in [6.07, 6.45) is 4.14. The lowest BCUT2D eigenvalue weighted by Crippen LogP contribution is -2.42. The van der Waals surface area contributed by atoms with Crippen LogP contribution in [0.15, 0.2) is 18.5 Å². The highest BCUT2D eigenvalue weighted by atomic mass is 16.5. The Hall–Kier alpha value is -1.00. The molecule has 0 radical (unpaired) electrons. The maximum Gasteiger partial charge on any atom is 0.0872 e. The molecule has 0 amide bonds. The molecular formula is C9H15N3O. The Morgan fingerprint density at radius 2 is 2.62 bits per heavy atom. The molecule has 2 rings (SSSR count). The number of anilines is 1. The third-order valence-corrected chi connectivity index (χ3v) is 2.14. The second-order valence-electron chi connectivity index (χ2n) is 3.18. The molecule has 1 aromatic heterocycles. The van der Waals surface area contributed by atoms with Crippen LogP contribution in [0.5, 0.6) is 0 Å². The zero-order valence-electron chi connectivity index (χ0n) is 7.55. The second-order valence-corrected chi connectivity index (χ2v) is 3.18. The fraction of sp³-hybridized carbons (Fsp3) is 0.556. The van der Waals surface area contributed by atoms with Gasteiger partial charge in [-0.1, -0.05) is 0 Å². The molecule has 1 fully saturated rings. The van der Waals surface area contributed by atoms with Crippen LogP contribution in [0.2, 0.25) is 0 Å². The molecular weight excluding hydrogens is 166 g/mol. The number of hydrogen-bond acceptors (Lipinski definition) is 3. The maximum atomic E-state index is 5.54. The van der Waals surface area contributed by atoms with E-state index in [1.165, 1.54) is 0 Å². The molecule has 1 unspecified atom stereocenters. The van der Waals surface area contributed by atoms with Gasteiger partial charge in [0.2, 0.25) is 0 Å². The summed E-state index contributed by atoms with van der Waals surface area (Å²) in [5.41, 5.74) is 1.12. The Morgan fingerprint density at radius 3 is 3.31 bits per heavy atom. The van der Waals surface area contributed by atoms with Crippen LogP contribution in [-0.2, 0) is 4.74 Å². The number of aromatic amines is 1. The first kappa shape index (κ1) is 8.59. The van der Waals surface area contributed by atoms with Gasteiger partial charge in [-0.25, -0.2) is 0 Å². The fourth-order valence-electron chi connectivity index (χ4n) is 1.42. The highest BCUT2D eigenvalue weighted by Gasteiger charge is 2.12. The van der Waals surface area contributed by atoms with Crippen LogP contribution in [0, 0.1) is 0 Å². The summed E-state index contributed by atoms with van der Waals surface area (Å²) in [7, 11) is 0. The minimum absolute atomic E-state index is 0.295. The Kier molecular flexibility index (Phi) is 2.84. The first-order valence-electron chi connectivity index (χ1n) is 4.64. The molecule has 3 N–H and O–H groups in total. The second kappa shape index (κ2) is 4.30. The van der Waals surface area contributed by atoms with Crippen molar-refractivity contribution in [2.24, 2.45) is 0 Å². The van der Waals surface area contributed by atoms with Crippen molar-refractivity contribution in [3.63, 3.8) is 0 Å². The van der Waals surface area contributed by atoms with Crippen LogP contribution < -0.4 is 10.6 Å². The summed E-state index contributed by atoms with van der Waals surface area (Å²) in [6, 6.07) is 2.01. The fourth-order valence-corrected chi connectivity index (χ4v) is 1.42. The van der Waals surface area contributed by atoms with E-state index in [9.17, 15) is 0 Å². The van der Waals surface area contributed by atoms with E-state index in [-0.39, 0.29) is 0 Å². The van der Waals surface area contributed by atoms with Crippen molar-refractivity contribution in [3.8, 4) is 0 Å². The molecule has 1 saturated heterocycles. The summed E-state index contributed by atoms with van der Waals surface area (Å²) in [5.74, 6) is 0. The standard InChI is InChI=1S/C9H15N3O/c1-2-10-5-8(1)12-7-9-6-11-3-4-13-9/h1-2,5,9-12H,3-4,6-7H2. The molecule has 72 valence electrons. The van der Waals surface area contributed by atoms with E-state index in [0.29, 0.717) is 6.10 Å². The van der Waals surface area contributed by atoms with Crippen LogP contribution in [0.4, 0.5) is 5.69 Å². The van der Waals surface area contributed by atoms with E-state index < -0.39 is 0 Å². The first-order valence-corrected chi connectivity index (χ1v) is 4.64. The molecule has 0 aromatic carbocycles. The Morgan fingerprint density at radius 1 is 1.62 bits per heavy atom. The van der Waals surface area contributed by atoms with Crippen molar-refractivity contribution >= 4 is 5.69 Å². The Balaban J connectivity index is 1.72. The third kappa shape index (κ3) is 2.47. The number of rotatable bonds is 3. The lowest BCUT2D eigenvalue weighted by molar-refractivity contribution is 0.0372. The van der Waals surface area contributed by atoms with Gasteiger partial charge >= 0.3 is 0 Å². The van der Waals surface area contributed by atoms with E-state index >= 15 is 0 Å². The SMILES string of the molecule is c1cc(NCC2CNCCO2)c[nH]1. The predicted octanol–water partition coefficient (Wildman–Crippen LogP) is 0.415. The van der Waals surface area contributed by atoms with Crippen molar-refractivity contribution in [1.82, 2.24) is 10.3 Å². The lowest BCUT2D eigenvalue weighted by atomic mass is 10.3. The van der Waals surface area contributed by atoms with Crippen molar-refractivity contribution in [3.05, 3.63) is 18.5 Å². The molecule has 13 heavy (non-hydrogen) atoms. The number of ether oxygens (including phenoxy) is 1. The molecule has 2 heterocycles. The molecule has 0 saturated carbocycles. The van der Waals surface area contributed by atoms with Crippen LogP contribution in [0.25, 0.3) is 0 Å². The largest absolute Gasteiger partial charge is 0.381 e. The van der Waals surface area contributed by atoms with Gasteiger partial charge in [0, 0.05) is 32.0 Å². The van der Waals surface area contributed by atoms with Gasteiger partial charge in [0.05, 0.1) is 18.4 Å². The lowest BCUT2D eigenvalue weighted by Gasteiger charge is -2.23. The van der Waals surface area contributed by atoms with E-state index in [0.717, 1.165) is 31.9 Å². The summed E-state index contributed by atoms with van der Waals surface area (Å²) < 4.78 is 5.54. The van der Waals surface area contributed by atoms with E-state index in [1.54, 1.807) is 0 Å². The average Bonchev–Trinajstić information content (AvgIpc) is 2.69. The number of hydrogen-bond donors (Lipinski definition) is 3. The van der Waals surface area contributed by atoms with Crippen molar-refractivity contribution < 1.29 is 4.74 Å². The first-order chi connectivity index (χ1) is 6.45. The number of nitrogens with one attached hydrogen (secondary N) is 3. The van der Waals surface area contributed by atoms with Crippen molar-refractivity contribution in [1.29, 1.82) is 0 Å². The molecule has 4 nitrogen and oxygen atoms in total. The van der Waals surface area contributed by atoms with E-state index in [4.69, 9.17) is 4.74 Å². The molecule has 4 heteroatoms. The predicted molar refractivity (Wildman–Crippen MR) is 51.9 cm³/mol.